The molecule has 0 radical (unpaired) electrons. The van der Waals surface area contributed by atoms with E-state index in [1.54, 1.807) is 0 Å². The molecule has 2 atom stereocenters. The van der Waals surface area contributed by atoms with Gasteiger partial charge in [-0.15, -0.1) is 0 Å². The first kappa shape index (κ1) is 27.0. The van der Waals surface area contributed by atoms with E-state index in [0.717, 1.165) is 62.0 Å². The van der Waals surface area contributed by atoms with Crippen molar-refractivity contribution in [2.24, 2.45) is 11.8 Å². The maximum Gasteiger partial charge on any atom is 0.254 e. The van der Waals surface area contributed by atoms with Gasteiger partial charge in [0.15, 0.2) is 0 Å². The summed E-state index contributed by atoms with van der Waals surface area (Å²) in [5.41, 5.74) is 5.39. The first-order chi connectivity index (χ1) is 17.8. The molecule has 0 unspecified atom stereocenters. The number of hydrogen-bond donors (Lipinski definition) is 1. The van der Waals surface area contributed by atoms with Crippen LogP contribution < -0.4 is 5.32 Å². The second kappa shape index (κ2) is 12.0. The largest absolute Gasteiger partial charge is 0.357 e. The number of fused-ring (bicyclic) bond motifs is 1. The summed E-state index contributed by atoms with van der Waals surface area (Å²) in [6, 6.07) is 16.1. The molecule has 1 N–H and O–H groups in total. The molecule has 0 bridgehead atoms. The minimum atomic E-state index is -0.293. The van der Waals surface area contributed by atoms with Crippen LogP contribution in [-0.4, -0.2) is 46.8 Å². The number of nitrogens with zero attached hydrogens (tertiary/aromatic N) is 2. The molecule has 1 heterocycles. The Morgan fingerprint density at radius 3 is 2.22 bits per heavy atom. The quantitative estimate of drug-likeness (QED) is 0.462. The fourth-order valence-corrected chi connectivity index (χ4v) is 6.04. The highest BCUT2D eigenvalue weighted by molar-refractivity contribution is 5.95. The monoisotopic (exact) mass is 501 g/mol. The van der Waals surface area contributed by atoms with Crippen molar-refractivity contribution in [2.75, 3.05) is 13.1 Å². The van der Waals surface area contributed by atoms with Crippen LogP contribution in [0.5, 0.6) is 0 Å². The fourth-order valence-electron chi connectivity index (χ4n) is 6.04. The molecular formula is C32H43N3O2. The molecule has 1 saturated heterocycles. The van der Waals surface area contributed by atoms with E-state index in [2.05, 4.69) is 68.8 Å². The molecule has 198 valence electrons. The highest BCUT2D eigenvalue weighted by Gasteiger charge is 2.42. The third-order valence-electron chi connectivity index (χ3n) is 7.82. The van der Waals surface area contributed by atoms with Gasteiger partial charge in [-0.3, -0.25) is 9.59 Å². The van der Waals surface area contributed by atoms with Crippen LogP contribution in [0, 0.1) is 11.8 Å². The van der Waals surface area contributed by atoms with Crippen molar-refractivity contribution >= 4 is 11.8 Å². The Hall–Kier alpha value is -3.08. The lowest BCUT2D eigenvalue weighted by atomic mass is 9.88. The van der Waals surface area contributed by atoms with Crippen molar-refractivity contribution in [3.63, 3.8) is 0 Å². The van der Waals surface area contributed by atoms with Crippen LogP contribution in [0.1, 0.15) is 74.0 Å². The average molecular weight is 502 g/mol. The lowest BCUT2D eigenvalue weighted by molar-refractivity contribution is -0.130. The SMILES string of the molecule is C=C1[C@@H](C2Cc3ccccc3C2)NC(=O)[C@@H](CC(C)C)N1Cc1ccccc1C(=O)N(CCC)CCC. The topological polar surface area (TPSA) is 52.7 Å². The van der Waals surface area contributed by atoms with E-state index in [4.69, 9.17) is 0 Å². The molecule has 1 aliphatic heterocycles. The van der Waals surface area contributed by atoms with Gasteiger partial charge in [0.25, 0.3) is 5.91 Å². The van der Waals surface area contributed by atoms with Gasteiger partial charge < -0.3 is 15.1 Å². The number of amides is 2. The summed E-state index contributed by atoms with van der Waals surface area (Å²) in [4.78, 5) is 31.3. The zero-order chi connectivity index (χ0) is 26.5. The van der Waals surface area contributed by atoms with Gasteiger partial charge in [-0.05, 0) is 66.7 Å². The average Bonchev–Trinajstić information content (AvgIpc) is 3.31. The van der Waals surface area contributed by atoms with Gasteiger partial charge in [-0.1, -0.05) is 76.7 Å². The molecule has 37 heavy (non-hydrogen) atoms. The standard InChI is InChI=1S/C32H43N3O2/c1-6-16-34(17-7-2)32(37)28-15-11-10-14-26(28)21-35-23(5)30(33-31(36)29(35)18-22(3)4)27-19-24-12-8-9-13-25(24)20-27/h8-15,22,27,29-30H,5-7,16-21H2,1-4H3,(H,33,36)/t29-,30+/m1/s1. The number of piperazine rings is 1. The van der Waals surface area contributed by atoms with Crippen LogP contribution in [0.3, 0.4) is 0 Å². The van der Waals surface area contributed by atoms with E-state index in [-0.39, 0.29) is 29.8 Å². The summed E-state index contributed by atoms with van der Waals surface area (Å²) in [6.45, 7) is 15.1. The van der Waals surface area contributed by atoms with E-state index >= 15 is 0 Å². The molecule has 2 aromatic rings. The van der Waals surface area contributed by atoms with Crippen LogP contribution >= 0.6 is 0 Å². The fraction of sp³-hybridized carbons (Fsp3) is 0.500. The lowest BCUT2D eigenvalue weighted by Gasteiger charge is -2.45. The van der Waals surface area contributed by atoms with Gasteiger partial charge in [-0.25, -0.2) is 0 Å². The maximum absolute atomic E-state index is 13.6. The predicted octanol–water partition coefficient (Wildman–Crippen LogP) is 5.59. The van der Waals surface area contributed by atoms with Crippen LogP contribution in [-0.2, 0) is 24.2 Å². The Bertz CT molecular complexity index is 1090. The summed E-state index contributed by atoms with van der Waals surface area (Å²) in [5, 5.41) is 3.35. The summed E-state index contributed by atoms with van der Waals surface area (Å²) < 4.78 is 0. The number of hydrogen-bond acceptors (Lipinski definition) is 3. The van der Waals surface area contributed by atoms with Gasteiger partial charge in [0.05, 0.1) is 6.04 Å². The zero-order valence-corrected chi connectivity index (χ0v) is 23.0. The van der Waals surface area contributed by atoms with Gasteiger partial charge in [0.1, 0.15) is 6.04 Å². The van der Waals surface area contributed by atoms with E-state index in [1.165, 1.54) is 11.1 Å². The molecular weight excluding hydrogens is 458 g/mol. The van der Waals surface area contributed by atoms with E-state index in [9.17, 15) is 9.59 Å². The summed E-state index contributed by atoms with van der Waals surface area (Å²) in [7, 11) is 0. The molecule has 0 spiro atoms. The highest BCUT2D eigenvalue weighted by Crippen LogP contribution is 2.35. The van der Waals surface area contributed by atoms with Crippen LogP contribution in [0.2, 0.25) is 0 Å². The molecule has 2 aromatic carbocycles. The van der Waals surface area contributed by atoms with Crippen molar-refractivity contribution in [2.45, 2.75) is 78.4 Å². The van der Waals surface area contributed by atoms with Crippen molar-refractivity contribution in [3.8, 4) is 0 Å². The van der Waals surface area contributed by atoms with Gasteiger partial charge in [-0.2, -0.15) is 0 Å². The normalized spacial score (nSPS) is 19.8. The lowest BCUT2D eigenvalue weighted by Crippen LogP contribution is -2.60. The second-order valence-corrected chi connectivity index (χ2v) is 11.1. The van der Waals surface area contributed by atoms with Gasteiger partial charge in [0, 0.05) is 30.9 Å². The van der Waals surface area contributed by atoms with E-state index in [1.807, 2.05) is 29.2 Å². The Morgan fingerprint density at radius 2 is 1.62 bits per heavy atom. The van der Waals surface area contributed by atoms with Crippen LogP contribution in [0.4, 0.5) is 0 Å². The minimum absolute atomic E-state index is 0.0736. The van der Waals surface area contributed by atoms with E-state index < -0.39 is 0 Å². The molecule has 0 saturated carbocycles. The number of rotatable bonds is 10. The van der Waals surface area contributed by atoms with Crippen LogP contribution in [0.15, 0.2) is 60.8 Å². The number of benzene rings is 2. The summed E-state index contributed by atoms with van der Waals surface area (Å²) in [6.07, 6.45) is 4.50. The highest BCUT2D eigenvalue weighted by atomic mass is 16.2. The molecule has 4 rings (SSSR count). The molecule has 2 aliphatic rings. The summed E-state index contributed by atoms with van der Waals surface area (Å²) in [5.74, 6) is 0.802. The molecule has 5 heteroatoms. The Labute approximate surface area is 222 Å². The number of carbonyl (C=O) groups excluding carboxylic acids is 2. The van der Waals surface area contributed by atoms with Crippen molar-refractivity contribution in [1.29, 1.82) is 0 Å². The molecule has 2 amide bonds. The molecule has 1 fully saturated rings. The third-order valence-corrected chi connectivity index (χ3v) is 7.82. The first-order valence-electron chi connectivity index (χ1n) is 14.0. The number of carbonyl (C=O) groups is 2. The molecule has 5 nitrogen and oxygen atoms in total. The second-order valence-electron chi connectivity index (χ2n) is 11.1. The smallest absolute Gasteiger partial charge is 0.254 e. The third kappa shape index (κ3) is 5.92. The number of nitrogens with one attached hydrogen (secondary N) is 1. The van der Waals surface area contributed by atoms with Crippen molar-refractivity contribution in [3.05, 3.63) is 83.1 Å². The van der Waals surface area contributed by atoms with Gasteiger partial charge >= 0.3 is 0 Å². The maximum atomic E-state index is 13.6. The predicted molar refractivity (Wildman–Crippen MR) is 150 cm³/mol. The van der Waals surface area contributed by atoms with Crippen molar-refractivity contribution in [1.82, 2.24) is 15.1 Å². The molecule has 1 aliphatic carbocycles. The Kier molecular flexibility index (Phi) is 8.73. The van der Waals surface area contributed by atoms with E-state index in [0.29, 0.717) is 12.5 Å². The Balaban J connectivity index is 1.63. The zero-order valence-electron chi connectivity index (χ0n) is 23.0. The van der Waals surface area contributed by atoms with Gasteiger partial charge in [0.2, 0.25) is 5.91 Å². The first-order valence-corrected chi connectivity index (χ1v) is 14.0. The Morgan fingerprint density at radius 1 is 1.03 bits per heavy atom. The van der Waals surface area contributed by atoms with Crippen molar-refractivity contribution < 1.29 is 9.59 Å². The summed E-state index contributed by atoms with van der Waals surface area (Å²) >= 11 is 0. The molecule has 0 aromatic heterocycles. The minimum Gasteiger partial charge on any atom is -0.357 e. The van der Waals surface area contributed by atoms with Crippen LogP contribution in [0.25, 0.3) is 0 Å².